The second-order valence-electron chi connectivity index (χ2n) is 7.06. The van der Waals surface area contributed by atoms with Crippen molar-refractivity contribution in [3.8, 4) is 0 Å². The smallest absolute Gasteiger partial charge is 0.317 e. The van der Waals surface area contributed by atoms with Crippen molar-refractivity contribution in [3.63, 3.8) is 0 Å². The van der Waals surface area contributed by atoms with Gasteiger partial charge in [0.2, 0.25) is 0 Å². The summed E-state index contributed by atoms with van der Waals surface area (Å²) >= 11 is 2.04. The fourth-order valence-electron chi connectivity index (χ4n) is 3.59. The molecule has 2 aliphatic rings. The highest BCUT2D eigenvalue weighted by molar-refractivity contribution is 7.99. The van der Waals surface area contributed by atoms with Crippen LogP contribution in [-0.2, 0) is 0 Å². The molecule has 1 N–H and O–H groups in total. The van der Waals surface area contributed by atoms with Gasteiger partial charge in [-0.3, -0.25) is 0 Å². The highest BCUT2D eigenvalue weighted by Crippen LogP contribution is 2.30. The third-order valence-electron chi connectivity index (χ3n) is 5.00. The number of hydrogen-bond donors (Lipinski definition) is 1. The van der Waals surface area contributed by atoms with E-state index in [2.05, 4.69) is 31.2 Å². The van der Waals surface area contributed by atoms with Crippen molar-refractivity contribution < 1.29 is 4.79 Å². The summed E-state index contributed by atoms with van der Waals surface area (Å²) in [5, 5.41) is 4.02. The predicted molar refractivity (Wildman–Crippen MR) is 95.6 cm³/mol. The lowest BCUT2D eigenvalue weighted by Gasteiger charge is -2.33. The summed E-state index contributed by atoms with van der Waals surface area (Å²) in [6.07, 6.45) is 7.17. The van der Waals surface area contributed by atoms with Crippen molar-refractivity contribution in [2.24, 2.45) is 5.92 Å². The molecule has 22 heavy (non-hydrogen) atoms. The van der Waals surface area contributed by atoms with E-state index in [0.29, 0.717) is 6.04 Å². The largest absolute Gasteiger partial charge is 0.335 e. The maximum absolute atomic E-state index is 12.4. The molecule has 0 radical (unpaired) electrons. The minimum absolute atomic E-state index is 0.179. The fourth-order valence-corrected chi connectivity index (χ4v) is 4.73. The van der Waals surface area contributed by atoms with Crippen LogP contribution in [0.5, 0.6) is 0 Å². The van der Waals surface area contributed by atoms with Gasteiger partial charge in [0.15, 0.2) is 0 Å². The third kappa shape index (κ3) is 5.65. The first-order valence-corrected chi connectivity index (χ1v) is 9.95. The molecule has 4 nitrogen and oxygen atoms in total. The van der Waals surface area contributed by atoms with Gasteiger partial charge in [-0.15, -0.1) is 0 Å². The van der Waals surface area contributed by atoms with Crippen LogP contribution in [0.15, 0.2) is 0 Å². The summed E-state index contributed by atoms with van der Waals surface area (Å²) in [6.45, 7) is 5.25. The molecule has 1 aliphatic heterocycles. The number of nitrogens with zero attached hydrogens (tertiary/aromatic N) is 2. The standard InChI is InChI=1S/C17H33N3OS/c1-4-22-16-6-5-15(13-16)18-17(21)20-11-8-14(9-12-20)7-10-19(2)3/h14-16H,4-13H2,1-3H3,(H,18,21)/t15-,16+/m0/s1. The molecule has 128 valence electrons. The van der Waals surface area contributed by atoms with E-state index in [-0.39, 0.29) is 6.03 Å². The first-order valence-electron chi connectivity index (χ1n) is 8.90. The van der Waals surface area contributed by atoms with Crippen LogP contribution in [0.4, 0.5) is 4.79 Å². The SMILES string of the molecule is CCS[C@@H]1CC[C@H](NC(=O)N2CCC(CCN(C)C)CC2)C1. The Morgan fingerprint density at radius 3 is 2.59 bits per heavy atom. The van der Waals surface area contributed by atoms with Gasteiger partial charge in [-0.1, -0.05) is 6.92 Å². The molecule has 5 heteroatoms. The maximum atomic E-state index is 12.4. The highest BCUT2D eigenvalue weighted by Gasteiger charge is 2.28. The van der Waals surface area contributed by atoms with Gasteiger partial charge in [-0.2, -0.15) is 11.8 Å². The Labute approximate surface area is 140 Å². The van der Waals surface area contributed by atoms with Crippen LogP contribution in [0.3, 0.4) is 0 Å². The van der Waals surface area contributed by atoms with Gasteiger partial charge < -0.3 is 15.1 Å². The minimum atomic E-state index is 0.179. The molecule has 0 aromatic heterocycles. The number of carbonyl (C=O) groups excluding carboxylic acids is 1. The normalized spacial score (nSPS) is 26.6. The van der Waals surface area contributed by atoms with Gasteiger partial charge >= 0.3 is 6.03 Å². The molecule has 1 aliphatic carbocycles. The van der Waals surface area contributed by atoms with Crippen molar-refractivity contribution >= 4 is 17.8 Å². The molecular weight excluding hydrogens is 294 g/mol. The quantitative estimate of drug-likeness (QED) is 0.814. The zero-order valence-corrected chi connectivity index (χ0v) is 15.3. The lowest BCUT2D eigenvalue weighted by atomic mass is 9.93. The maximum Gasteiger partial charge on any atom is 0.317 e. The number of rotatable bonds is 6. The average molecular weight is 328 g/mol. The van der Waals surface area contributed by atoms with E-state index in [1.807, 2.05) is 16.7 Å². The van der Waals surface area contributed by atoms with Gasteiger partial charge in [-0.05, 0) is 70.8 Å². The van der Waals surface area contributed by atoms with Crippen molar-refractivity contribution in [1.82, 2.24) is 15.1 Å². The van der Waals surface area contributed by atoms with Crippen molar-refractivity contribution in [1.29, 1.82) is 0 Å². The van der Waals surface area contributed by atoms with Crippen LogP contribution in [0.1, 0.15) is 45.4 Å². The van der Waals surface area contributed by atoms with Crippen molar-refractivity contribution in [2.75, 3.05) is 39.5 Å². The molecule has 1 heterocycles. The molecule has 2 amide bonds. The van der Waals surface area contributed by atoms with Gasteiger partial charge in [0.25, 0.3) is 0 Å². The zero-order chi connectivity index (χ0) is 15.9. The lowest BCUT2D eigenvalue weighted by Crippen LogP contribution is -2.47. The number of piperidine rings is 1. The van der Waals surface area contributed by atoms with Crippen LogP contribution >= 0.6 is 11.8 Å². The molecule has 0 spiro atoms. The zero-order valence-electron chi connectivity index (χ0n) is 14.5. The van der Waals surface area contributed by atoms with E-state index >= 15 is 0 Å². The van der Waals surface area contributed by atoms with E-state index in [1.54, 1.807) is 0 Å². The van der Waals surface area contributed by atoms with Crippen LogP contribution in [0.25, 0.3) is 0 Å². The molecule has 0 bridgehead atoms. The monoisotopic (exact) mass is 327 g/mol. The molecule has 0 unspecified atom stereocenters. The van der Waals surface area contributed by atoms with Gasteiger partial charge in [0.1, 0.15) is 0 Å². The summed E-state index contributed by atoms with van der Waals surface area (Å²) < 4.78 is 0. The highest BCUT2D eigenvalue weighted by atomic mass is 32.2. The average Bonchev–Trinajstić information content (AvgIpc) is 2.93. The summed E-state index contributed by atoms with van der Waals surface area (Å²) in [5.74, 6) is 1.98. The topological polar surface area (TPSA) is 35.6 Å². The number of amides is 2. The Kier molecular flexibility index (Phi) is 7.35. The van der Waals surface area contributed by atoms with Crippen molar-refractivity contribution in [2.45, 2.75) is 56.7 Å². The molecule has 1 saturated carbocycles. The van der Waals surface area contributed by atoms with E-state index in [4.69, 9.17) is 0 Å². The predicted octanol–water partition coefficient (Wildman–Crippen LogP) is 3.03. The molecule has 2 fully saturated rings. The van der Waals surface area contributed by atoms with Gasteiger partial charge in [0, 0.05) is 24.4 Å². The van der Waals surface area contributed by atoms with Crippen LogP contribution in [0.2, 0.25) is 0 Å². The number of urea groups is 1. The van der Waals surface area contributed by atoms with Crippen LogP contribution < -0.4 is 5.32 Å². The number of nitrogens with one attached hydrogen (secondary N) is 1. The molecule has 2 atom stereocenters. The van der Waals surface area contributed by atoms with Gasteiger partial charge in [0.05, 0.1) is 0 Å². The Bertz CT molecular complexity index is 343. The second-order valence-corrected chi connectivity index (χ2v) is 8.64. The summed E-state index contributed by atoms with van der Waals surface area (Å²) in [7, 11) is 4.27. The molecule has 2 rings (SSSR count). The van der Waals surface area contributed by atoms with E-state index in [1.165, 1.54) is 31.4 Å². The number of thioether (sulfide) groups is 1. The Morgan fingerprint density at radius 2 is 1.95 bits per heavy atom. The first-order chi connectivity index (χ1) is 10.6. The Balaban J connectivity index is 1.65. The second kappa shape index (κ2) is 9.02. The van der Waals surface area contributed by atoms with Crippen LogP contribution in [-0.4, -0.2) is 66.6 Å². The Hall–Kier alpha value is -0.420. The number of hydrogen-bond acceptors (Lipinski definition) is 3. The van der Waals surface area contributed by atoms with Gasteiger partial charge in [-0.25, -0.2) is 4.79 Å². The van der Waals surface area contributed by atoms with E-state index in [9.17, 15) is 4.79 Å². The molecule has 0 aromatic carbocycles. The molecule has 0 aromatic rings. The number of likely N-dealkylation sites (tertiary alicyclic amines) is 1. The molecule has 1 saturated heterocycles. The number of carbonyl (C=O) groups is 1. The minimum Gasteiger partial charge on any atom is -0.335 e. The van der Waals surface area contributed by atoms with E-state index in [0.717, 1.165) is 43.6 Å². The van der Waals surface area contributed by atoms with Crippen LogP contribution in [0, 0.1) is 5.92 Å². The lowest BCUT2D eigenvalue weighted by molar-refractivity contribution is 0.162. The first kappa shape index (κ1) is 17.9. The third-order valence-corrected chi connectivity index (χ3v) is 6.23. The van der Waals surface area contributed by atoms with Crippen molar-refractivity contribution in [3.05, 3.63) is 0 Å². The summed E-state index contributed by atoms with van der Waals surface area (Å²) in [4.78, 5) is 16.7. The van der Waals surface area contributed by atoms with E-state index < -0.39 is 0 Å². The molecular formula is C17H33N3OS. The fraction of sp³-hybridized carbons (Fsp3) is 0.941. The Morgan fingerprint density at radius 1 is 1.23 bits per heavy atom. The summed E-state index contributed by atoms with van der Waals surface area (Å²) in [5.41, 5.74) is 0. The summed E-state index contributed by atoms with van der Waals surface area (Å²) in [6, 6.07) is 0.584.